The van der Waals surface area contributed by atoms with Crippen molar-refractivity contribution >= 4 is 73.3 Å². The van der Waals surface area contributed by atoms with Gasteiger partial charge in [-0.15, -0.1) is 34.0 Å². The number of nitrogens with zero attached hydrogens (tertiary/aromatic N) is 7. The smallest absolute Gasteiger partial charge is 0.410 e. The number of anilines is 3. The SMILES string of the molecule is CC(C)(C)OC(=O)N1C[C@@H](C(=O)O)[C@H](c2ccccc2)C1.Nc1nc(-c2cccnc2)cs1.O=C(Nc1nc(-c2cccnc2)cs1)[C@@H]1CNC[C@H]1c1ccccc1.O=C(Nc1nc(-c2cccnc2)cs1)[C@@H]1CNC[C@H]1c1ccccc1. The van der Waals surface area contributed by atoms with E-state index in [0.29, 0.717) is 35.0 Å². The van der Waals surface area contributed by atoms with Crippen LogP contribution in [0, 0.1) is 17.8 Å². The van der Waals surface area contributed by atoms with E-state index in [1.54, 1.807) is 58.0 Å². The zero-order valence-electron chi connectivity index (χ0n) is 45.9. The van der Waals surface area contributed by atoms with Crippen molar-refractivity contribution in [2.45, 2.75) is 44.1 Å². The molecule has 3 saturated heterocycles. The van der Waals surface area contributed by atoms with E-state index in [9.17, 15) is 24.3 Å². The van der Waals surface area contributed by atoms with Gasteiger partial charge in [-0.3, -0.25) is 29.3 Å². The van der Waals surface area contributed by atoms with Gasteiger partial charge in [0.1, 0.15) is 5.60 Å². The number of thiazole rings is 3. The first kappa shape index (κ1) is 59.0. The van der Waals surface area contributed by atoms with Crippen LogP contribution >= 0.6 is 34.0 Å². The minimum Gasteiger partial charge on any atom is -0.481 e. The van der Waals surface area contributed by atoms with Crippen LogP contribution in [0.2, 0.25) is 0 Å². The van der Waals surface area contributed by atoms with Crippen LogP contribution in [-0.4, -0.2) is 109 Å². The summed E-state index contributed by atoms with van der Waals surface area (Å²) in [5, 5.41) is 29.7. The normalized spacial score (nSPS) is 18.9. The second-order valence-electron chi connectivity index (χ2n) is 20.8. The molecule has 18 nitrogen and oxygen atoms in total. The Kier molecular flexibility index (Phi) is 20.2. The highest BCUT2D eigenvalue weighted by atomic mass is 32.1. The van der Waals surface area contributed by atoms with Gasteiger partial charge >= 0.3 is 12.1 Å². The van der Waals surface area contributed by atoms with E-state index in [1.807, 2.05) is 119 Å². The fourth-order valence-electron chi connectivity index (χ4n) is 9.86. The molecule has 21 heteroatoms. The first-order valence-corrected chi connectivity index (χ1v) is 29.6. The molecule has 0 aliphatic carbocycles. The molecule has 3 amide bonds. The monoisotopic (exact) mass is 1170 g/mol. The summed E-state index contributed by atoms with van der Waals surface area (Å²) in [4.78, 5) is 75.9. The fourth-order valence-corrected chi connectivity index (χ4v) is 11.9. The number of benzene rings is 3. The van der Waals surface area contributed by atoms with Crippen LogP contribution in [0.4, 0.5) is 20.2 Å². The molecule has 0 unspecified atom stereocenters. The standard InChI is InChI=1S/2C19H18N4OS.C16H21NO4.C8H7N3S/c2*24-18(16-11-21-10-15(16)13-5-2-1-3-6-13)23-19-22-17(12-25-19)14-7-4-8-20-9-14;1-16(2,3)21-15(20)17-9-12(13(10-17)14(18)19)11-7-5-4-6-8-11;9-8-11-7(5-12-8)6-2-1-3-10-4-6/h2*1-9,12,15-16,21H,10-11H2,(H,22,23,24);4-8,12-13H,9-10H2,1-3H3,(H,18,19);1-5H,(H2,9,11)/t2*15-,16+;12-,13+;/m000./s1. The predicted molar refractivity (Wildman–Crippen MR) is 327 cm³/mol. The maximum Gasteiger partial charge on any atom is 0.410 e. The average molecular weight is 1170 g/mol. The van der Waals surface area contributed by atoms with E-state index < -0.39 is 23.6 Å². The Bertz CT molecular complexity index is 3360. The predicted octanol–water partition coefficient (Wildman–Crippen LogP) is 10.8. The highest BCUT2D eigenvalue weighted by molar-refractivity contribution is 7.14. The van der Waals surface area contributed by atoms with E-state index in [0.717, 1.165) is 52.4 Å². The number of nitrogens with one attached hydrogen (secondary N) is 4. The number of carboxylic acids is 1. The number of hydrogen-bond donors (Lipinski definition) is 6. The number of aromatic nitrogens is 6. The second-order valence-corrected chi connectivity index (χ2v) is 23.4. The number of carbonyl (C=O) groups is 4. The van der Waals surface area contributed by atoms with Gasteiger partial charge in [-0.05, 0) is 73.9 Å². The lowest BCUT2D eigenvalue weighted by Gasteiger charge is -2.24. The van der Waals surface area contributed by atoms with Crippen LogP contribution < -0.4 is 27.0 Å². The lowest BCUT2D eigenvalue weighted by Crippen LogP contribution is -2.35. The number of aliphatic carboxylic acids is 1. The van der Waals surface area contributed by atoms with Gasteiger partial charge in [0, 0.05) is 127 Å². The number of ether oxygens (including phenoxy) is 1. The van der Waals surface area contributed by atoms with Gasteiger partial charge in [0.15, 0.2) is 15.4 Å². The van der Waals surface area contributed by atoms with Crippen LogP contribution in [0.3, 0.4) is 0 Å². The summed E-state index contributed by atoms with van der Waals surface area (Å²) < 4.78 is 5.33. The zero-order chi connectivity index (χ0) is 58.1. The minimum atomic E-state index is -0.880. The Morgan fingerprint density at radius 2 is 0.952 bits per heavy atom. The van der Waals surface area contributed by atoms with Crippen molar-refractivity contribution in [2.75, 3.05) is 55.6 Å². The topological polar surface area (TPSA) is 252 Å². The van der Waals surface area contributed by atoms with Crippen LogP contribution in [0.5, 0.6) is 0 Å². The maximum atomic E-state index is 12.7. The highest BCUT2D eigenvalue weighted by Crippen LogP contribution is 2.35. The van der Waals surface area contributed by atoms with Crippen molar-refractivity contribution < 1.29 is 29.0 Å². The van der Waals surface area contributed by atoms with Crippen molar-refractivity contribution in [3.05, 3.63) is 197 Å². The molecule has 426 valence electrons. The molecule has 0 spiro atoms. The van der Waals surface area contributed by atoms with Crippen LogP contribution in [-0.2, 0) is 19.1 Å². The third-order valence-electron chi connectivity index (χ3n) is 13.9. The average Bonchev–Trinajstić information content (AvgIpc) is 4.56. The zero-order valence-corrected chi connectivity index (χ0v) is 48.4. The Balaban J connectivity index is 0.000000137. The second kappa shape index (κ2) is 28.4. The van der Waals surface area contributed by atoms with Crippen molar-refractivity contribution in [1.82, 2.24) is 45.4 Å². The number of rotatable bonds is 11. The molecule has 3 fully saturated rings. The summed E-state index contributed by atoms with van der Waals surface area (Å²) in [6.45, 7) is 8.96. The number of hydrogen-bond acceptors (Lipinski definition) is 17. The van der Waals surface area contributed by atoms with E-state index in [4.69, 9.17) is 10.5 Å². The quantitative estimate of drug-likeness (QED) is 0.0704. The first-order chi connectivity index (χ1) is 40.3. The molecule has 9 heterocycles. The van der Waals surface area contributed by atoms with Gasteiger partial charge in [-0.1, -0.05) is 91.0 Å². The van der Waals surface area contributed by atoms with Gasteiger partial charge < -0.3 is 41.7 Å². The molecule has 6 atom stereocenters. The van der Waals surface area contributed by atoms with E-state index in [-0.39, 0.29) is 47.9 Å². The van der Waals surface area contributed by atoms with Crippen molar-refractivity contribution in [3.63, 3.8) is 0 Å². The molecule has 0 saturated carbocycles. The summed E-state index contributed by atoms with van der Waals surface area (Å²) in [5.41, 5.74) is 13.7. The lowest BCUT2D eigenvalue weighted by atomic mass is 9.88. The third-order valence-corrected chi connectivity index (χ3v) is 16.1. The number of nitrogen functional groups attached to an aromatic ring is 1. The minimum absolute atomic E-state index is 0.0194. The van der Waals surface area contributed by atoms with Crippen molar-refractivity contribution in [1.29, 1.82) is 0 Å². The molecule has 9 aromatic rings. The lowest BCUT2D eigenvalue weighted by molar-refractivity contribution is -0.141. The van der Waals surface area contributed by atoms with Crippen LogP contribution in [0.15, 0.2) is 181 Å². The number of carboxylic acid groups (broad SMARTS) is 1. The van der Waals surface area contributed by atoms with Crippen LogP contribution in [0.25, 0.3) is 33.8 Å². The molecule has 3 aliphatic rings. The molecule has 0 bridgehead atoms. The van der Waals surface area contributed by atoms with Crippen molar-refractivity contribution in [2.24, 2.45) is 17.8 Å². The number of pyridine rings is 3. The van der Waals surface area contributed by atoms with Gasteiger partial charge in [-0.25, -0.2) is 19.7 Å². The molecule has 7 N–H and O–H groups in total. The first-order valence-electron chi connectivity index (χ1n) is 27.0. The summed E-state index contributed by atoms with van der Waals surface area (Å²) in [6.07, 6.45) is 10.1. The molecule has 12 rings (SSSR count). The number of amides is 3. The Morgan fingerprint density at radius 1 is 0.542 bits per heavy atom. The van der Waals surface area contributed by atoms with Gasteiger partial charge in [0.25, 0.3) is 0 Å². The number of nitrogens with two attached hydrogens (primary N) is 1. The molecule has 0 radical (unpaired) electrons. The molecule has 3 aliphatic heterocycles. The van der Waals surface area contributed by atoms with Crippen LogP contribution in [0.1, 0.15) is 55.2 Å². The molecule has 6 aromatic heterocycles. The van der Waals surface area contributed by atoms with Crippen molar-refractivity contribution in [3.8, 4) is 33.8 Å². The van der Waals surface area contributed by atoms with E-state index in [1.165, 1.54) is 50.0 Å². The summed E-state index contributed by atoms with van der Waals surface area (Å²) in [7, 11) is 0. The summed E-state index contributed by atoms with van der Waals surface area (Å²) in [5.74, 6) is -1.43. The third kappa shape index (κ3) is 16.3. The molecular weight excluding hydrogens is 1100 g/mol. The Labute approximate surface area is 493 Å². The van der Waals surface area contributed by atoms with Gasteiger partial charge in [-0.2, -0.15) is 0 Å². The van der Waals surface area contributed by atoms with E-state index >= 15 is 0 Å². The fraction of sp³-hybridized carbons (Fsp3) is 0.258. The summed E-state index contributed by atoms with van der Waals surface area (Å²) >= 11 is 4.31. The largest absolute Gasteiger partial charge is 0.481 e. The number of carbonyl (C=O) groups excluding carboxylic acids is 3. The van der Waals surface area contributed by atoms with Gasteiger partial charge in [0.05, 0.1) is 34.8 Å². The number of likely N-dealkylation sites (tertiary alicyclic amines) is 1. The van der Waals surface area contributed by atoms with E-state index in [2.05, 4.69) is 75.4 Å². The Hall–Kier alpha value is -8.60. The molecule has 3 aromatic carbocycles. The Morgan fingerprint density at radius 3 is 1.33 bits per heavy atom. The molecular formula is C62H64N12O6S3. The highest BCUT2D eigenvalue weighted by Gasteiger charge is 2.42. The maximum absolute atomic E-state index is 12.7. The summed E-state index contributed by atoms with van der Waals surface area (Å²) in [6, 6.07) is 41.4. The van der Waals surface area contributed by atoms with Gasteiger partial charge in [0.2, 0.25) is 11.8 Å². The molecule has 83 heavy (non-hydrogen) atoms.